The Hall–Kier alpha value is -4.01. The predicted octanol–water partition coefficient (Wildman–Crippen LogP) is 3.19. The predicted molar refractivity (Wildman–Crippen MR) is 121 cm³/mol. The number of esters is 1. The van der Waals surface area contributed by atoms with Crippen molar-refractivity contribution in [3.63, 3.8) is 0 Å². The third-order valence-corrected chi connectivity index (χ3v) is 5.04. The Kier molecular flexibility index (Phi) is 7.22. The zero-order valence-corrected chi connectivity index (χ0v) is 18.9. The van der Waals surface area contributed by atoms with Gasteiger partial charge in [-0.2, -0.15) is 5.10 Å². The second-order valence-electron chi connectivity index (χ2n) is 7.67. The van der Waals surface area contributed by atoms with Crippen LogP contribution in [0.15, 0.2) is 48.5 Å². The van der Waals surface area contributed by atoms with Crippen LogP contribution in [0.1, 0.15) is 27.3 Å². The molecule has 0 spiro atoms. The molecular formula is C24H25FN4O4. The summed E-state index contributed by atoms with van der Waals surface area (Å²) < 4.78 is 19.9. The minimum atomic E-state index is -0.704. The Morgan fingerprint density at radius 2 is 1.67 bits per heavy atom. The van der Waals surface area contributed by atoms with Gasteiger partial charge in [0, 0.05) is 12.7 Å². The number of benzene rings is 2. The van der Waals surface area contributed by atoms with Crippen LogP contribution in [0, 0.1) is 26.6 Å². The van der Waals surface area contributed by atoms with Crippen LogP contribution < -0.4 is 5.32 Å². The summed E-state index contributed by atoms with van der Waals surface area (Å²) >= 11 is 0. The molecule has 1 N–H and O–H groups in total. The molecule has 172 valence electrons. The number of amides is 2. The third-order valence-electron chi connectivity index (χ3n) is 5.04. The lowest BCUT2D eigenvalue weighted by Crippen LogP contribution is -2.37. The van der Waals surface area contributed by atoms with E-state index in [4.69, 9.17) is 4.74 Å². The minimum absolute atomic E-state index is 0.190. The molecule has 9 heteroatoms. The Morgan fingerprint density at radius 3 is 2.30 bits per heavy atom. The van der Waals surface area contributed by atoms with Gasteiger partial charge in [-0.15, -0.1) is 0 Å². The van der Waals surface area contributed by atoms with Crippen molar-refractivity contribution in [2.45, 2.75) is 20.8 Å². The molecule has 0 saturated carbocycles. The average molecular weight is 452 g/mol. The van der Waals surface area contributed by atoms with Crippen molar-refractivity contribution in [3.8, 4) is 5.69 Å². The molecule has 0 radical (unpaired) electrons. The summed E-state index contributed by atoms with van der Waals surface area (Å²) in [5.74, 6) is -1.98. The summed E-state index contributed by atoms with van der Waals surface area (Å²) in [7, 11) is 1.45. The van der Waals surface area contributed by atoms with Crippen molar-refractivity contribution in [3.05, 3.63) is 76.9 Å². The van der Waals surface area contributed by atoms with Crippen LogP contribution in [-0.4, -0.2) is 52.7 Å². The number of halogens is 1. The number of nitrogens with zero attached hydrogens (tertiary/aromatic N) is 3. The van der Waals surface area contributed by atoms with E-state index in [9.17, 15) is 18.8 Å². The summed E-state index contributed by atoms with van der Waals surface area (Å²) in [5, 5.41) is 7.03. The van der Waals surface area contributed by atoms with Crippen LogP contribution in [0.2, 0.25) is 0 Å². The fraction of sp³-hybridized carbons (Fsp3) is 0.250. The number of nitrogens with one attached hydrogen (secondary N) is 1. The van der Waals surface area contributed by atoms with E-state index in [0.717, 1.165) is 5.56 Å². The highest BCUT2D eigenvalue weighted by molar-refractivity contribution is 5.96. The van der Waals surface area contributed by atoms with Gasteiger partial charge in [0.15, 0.2) is 6.61 Å². The Labute approximate surface area is 191 Å². The van der Waals surface area contributed by atoms with E-state index in [1.54, 1.807) is 38.1 Å². The molecule has 3 rings (SSSR count). The largest absolute Gasteiger partial charge is 0.452 e. The maximum atomic E-state index is 13.2. The molecule has 2 amide bonds. The number of aromatic nitrogens is 2. The monoisotopic (exact) mass is 452 g/mol. The maximum Gasteiger partial charge on any atom is 0.342 e. The Balaban J connectivity index is 1.57. The van der Waals surface area contributed by atoms with Crippen LogP contribution >= 0.6 is 0 Å². The van der Waals surface area contributed by atoms with E-state index < -0.39 is 18.5 Å². The molecule has 2 aromatic carbocycles. The number of carbonyl (C=O) groups is 3. The number of rotatable bonds is 7. The number of likely N-dealkylation sites (N-methyl/N-ethyl adjacent to an activating group) is 1. The molecule has 1 heterocycles. The summed E-state index contributed by atoms with van der Waals surface area (Å²) in [6, 6.07) is 13.0. The van der Waals surface area contributed by atoms with Gasteiger partial charge in [-0.1, -0.05) is 17.7 Å². The van der Waals surface area contributed by atoms with Gasteiger partial charge >= 0.3 is 5.97 Å². The van der Waals surface area contributed by atoms with Crippen molar-refractivity contribution in [1.82, 2.24) is 14.7 Å². The first-order chi connectivity index (χ1) is 15.7. The van der Waals surface area contributed by atoms with Gasteiger partial charge < -0.3 is 15.0 Å². The molecule has 0 fully saturated rings. The van der Waals surface area contributed by atoms with E-state index in [1.807, 2.05) is 19.1 Å². The van der Waals surface area contributed by atoms with E-state index in [-0.39, 0.29) is 23.8 Å². The first-order valence-corrected chi connectivity index (χ1v) is 10.3. The van der Waals surface area contributed by atoms with Crippen molar-refractivity contribution in [1.29, 1.82) is 0 Å². The normalized spacial score (nSPS) is 10.6. The molecule has 0 aliphatic rings. The Bertz CT molecular complexity index is 1170. The molecule has 8 nitrogen and oxygen atoms in total. The zero-order chi connectivity index (χ0) is 24.1. The number of hydrogen-bond acceptors (Lipinski definition) is 5. The summed E-state index contributed by atoms with van der Waals surface area (Å²) in [5.41, 5.74) is 3.43. The molecule has 0 saturated heterocycles. The quantitative estimate of drug-likeness (QED) is 0.556. The molecule has 1 aromatic heterocycles. The number of anilines is 1. The first-order valence-electron chi connectivity index (χ1n) is 10.3. The number of hydrogen-bond donors (Lipinski definition) is 1. The molecule has 0 aliphatic heterocycles. The van der Waals surface area contributed by atoms with Gasteiger partial charge in [0.2, 0.25) is 5.91 Å². The van der Waals surface area contributed by atoms with Gasteiger partial charge in [0.05, 0.1) is 23.6 Å². The minimum Gasteiger partial charge on any atom is -0.452 e. The topological polar surface area (TPSA) is 93.5 Å². The van der Waals surface area contributed by atoms with E-state index in [2.05, 4.69) is 10.4 Å². The highest BCUT2D eigenvalue weighted by Gasteiger charge is 2.23. The summed E-state index contributed by atoms with van der Waals surface area (Å²) in [4.78, 5) is 38.3. The lowest BCUT2D eigenvalue weighted by molar-refractivity contribution is -0.136. The molecule has 0 aliphatic carbocycles. The van der Waals surface area contributed by atoms with Gasteiger partial charge in [0.1, 0.15) is 11.4 Å². The van der Waals surface area contributed by atoms with Gasteiger partial charge in [-0.05, 0) is 57.2 Å². The van der Waals surface area contributed by atoms with Crippen molar-refractivity contribution >= 4 is 23.5 Å². The highest BCUT2D eigenvalue weighted by Crippen LogP contribution is 2.19. The summed E-state index contributed by atoms with van der Waals surface area (Å²) in [6.45, 7) is 4.56. The van der Waals surface area contributed by atoms with Crippen LogP contribution in [0.4, 0.5) is 10.1 Å². The molecule has 0 bridgehead atoms. The second kappa shape index (κ2) is 10.1. The van der Waals surface area contributed by atoms with E-state index in [0.29, 0.717) is 22.8 Å². The van der Waals surface area contributed by atoms with E-state index in [1.165, 1.54) is 28.8 Å². The van der Waals surface area contributed by atoms with Gasteiger partial charge in [-0.3, -0.25) is 9.59 Å². The number of aryl methyl sites for hydroxylation is 2. The van der Waals surface area contributed by atoms with E-state index >= 15 is 0 Å². The standard InChI is InChI=1S/C24H25FN4O4/c1-15-5-9-19(10-6-15)26-21(30)13-28(4)22(31)14-33-24(32)23-16(2)27-29(17(23)3)20-11-7-18(25)8-12-20/h5-12H,13-14H2,1-4H3,(H,26,30). The van der Waals surface area contributed by atoms with Gasteiger partial charge in [0.25, 0.3) is 5.91 Å². The lowest BCUT2D eigenvalue weighted by Gasteiger charge is -2.17. The van der Waals surface area contributed by atoms with Crippen molar-refractivity contribution in [2.75, 3.05) is 25.5 Å². The third kappa shape index (κ3) is 5.82. The van der Waals surface area contributed by atoms with Crippen molar-refractivity contribution < 1.29 is 23.5 Å². The number of ether oxygens (including phenoxy) is 1. The maximum absolute atomic E-state index is 13.2. The van der Waals surface area contributed by atoms with Crippen LogP contribution in [0.5, 0.6) is 0 Å². The highest BCUT2D eigenvalue weighted by atomic mass is 19.1. The summed E-state index contributed by atoms with van der Waals surface area (Å²) in [6.07, 6.45) is 0. The number of carbonyl (C=O) groups excluding carboxylic acids is 3. The average Bonchev–Trinajstić information content (AvgIpc) is 3.07. The zero-order valence-electron chi connectivity index (χ0n) is 18.9. The Morgan fingerprint density at radius 1 is 1.03 bits per heavy atom. The molecule has 33 heavy (non-hydrogen) atoms. The van der Waals surface area contributed by atoms with Crippen LogP contribution in [0.25, 0.3) is 5.69 Å². The molecular weight excluding hydrogens is 427 g/mol. The molecule has 0 unspecified atom stereocenters. The van der Waals surface area contributed by atoms with Gasteiger partial charge in [-0.25, -0.2) is 13.9 Å². The first kappa shape index (κ1) is 23.6. The smallest absolute Gasteiger partial charge is 0.342 e. The molecule has 0 atom stereocenters. The second-order valence-corrected chi connectivity index (χ2v) is 7.67. The fourth-order valence-electron chi connectivity index (χ4n) is 3.22. The van der Waals surface area contributed by atoms with Crippen molar-refractivity contribution in [2.24, 2.45) is 0 Å². The SMILES string of the molecule is Cc1ccc(NC(=O)CN(C)C(=O)COC(=O)c2c(C)nn(-c3ccc(F)cc3)c2C)cc1. The fourth-order valence-corrected chi connectivity index (χ4v) is 3.22. The van der Waals surface area contributed by atoms with Crippen LogP contribution in [0.3, 0.4) is 0 Å². The van der Waals surface area contributed by atoms with Crippen LogP contribution in [-0.2, 0) is 14.3 Å². The lowest BCUT2D eigenvalue weighted by atomic mass is 10.2. The molecule has 3 aromatic rings.